The first-order chi connectivity index (χ1) is 8.22. The van der Waals surface area contributed by atoms with Gasteiger partial charge in [-0.15, -0.1) is 11.6 Å². The number of aromatic nitrogens is 1. The van der Waals surface area contributed by atoms with Gasteiger partial charge in [0.25, 0.3) is 0 Å². The van der Waals surface area contributed by atoms with Crippen molar-refractivity contribution in [1.29, 1.82) is 0 Å². The van der Waals surface area contributed by atoms with Crippen LogP contribution in [-0.2, 0) is 0 Å². The van der Waals surface area contributed by atoms with Crippen LogP contribution in [-0.4, -0.2) is 27.2 Å². The normalized spacial score (nSPS) is 14.8. The van der Waals surface area contributed by atoms with Gasteiger partial charge in [0.1, 0.15) is 6.10 Å². The standard InChI is InChI=1S/C13H14ClNO2/c14-6-5-12(16)13(17)10-4-3-9-2-1-7-15-11(9)8-10/h1-4,7-8,12-13,16-17H,5-6H2. The Hall–Kier alpha value is -1.16. The van der Waals surface area contributed by atoms with Crippen molar-refractivity contribution in [2.75, 3.05) is 5.88 Å². The zero-order valence-corrected chi connectivity index (χ0v) is 10.0. The number of aliphatic hydroxyl groups is 2. The molecule has 0 saturated carbocycles. The number of hydrogen-bond acceptors (Lipinski definition) is 3. The Bertz CT molecular complexity index is 503. The highest BCUT2D eigenvalue weighted by Gasteiger charge is 2.17. The van der Waals surface area contributed by atoms with Gasteiger partial charge in [-0.2, -0.15) is 0 Å². The maximum absolute atomic E-state index is 9.94. The Morgan fingerprint density at radius 3 is 2.82 bits per heavy atom. The number of pyridine rings is 1. The van der Waals surface area contributed by atoms with Gasteiger partial charge in [0, 0.05) is 17.5 Å². The number of benzene rings is 1. The molecule has 2 unspecified atom stereocenters. The van der Waals surface area contributed by atoms with Crippen molar-refractivity contribution >= 4 is 22.5 Å². The smallest absolute Gasteiger partial charge is 0.105 e. The van der Waals surface area contributed by atoms with Gasteiger partial charge in [-0.3, -0.25) is 4.98 Å². The molecule has 3 nitrogen and oxygen atoms in total. The summed E-state index contributed by atoms with van der Waals surface area (Å²) in [5, 5.41) is 20.6. The van der Waals surface area contributed by atoms with E-state index in [9.17, 15) is 10.2 Å². The lowest BCUT2D eigenvalue weighted by Gasteiger charge is -2.17. The maximum Gasteiger partial charge on any atom is 0.105 e. The molecule has 0 fully saturated rings. The van der Waals surface area contributed by atoms with E-state index in [1.165, 1.54) is 0 Å². The van der Waals surface area contributed by atoms with E-state index < -0.39 is 12.2 Å². The van der Waals surface area contributed by atoms with Crippen molar-refractivity contribution in [3.8, 4) is 0 Å². The zero-order chi connectivity index (χ0) is 12.3. The van der Waals surface area contributed by atoms with Crippen LogP contribution >= 0.6 is 11.6 Å². The van der Waals surface area contributed by atoms with Gasteiger partial charge in [0.15, 0.2) is 0 Å². The molecule has 4 heteroatoms. The molecule has 1 heterocycles. The van der Waals surface area contributed by atoms with Crippen LogP contribution in [0, 0.1) is 0 Å². The molecule has 17 heavy (non-hydrogen) atoms. The number of rotatable bonds is 4. The first-order valence-electron chi connectivity index (χ1n) is 5.49. The molecule has 2 N–H and O–H groups in total. The second-order valence-electron chi connectivity index (χ2n) is 3.95. The van der Waals surface area contributed by atoms with Gasteiger partial charge in [0.2, 0.25) is 0 Å². The monoisotopic (exact) mass is 251 g/mol. The molecule has 2 aromatic rings. The maximum atomic E-state index is 9.94. The van der Waals surface area contributed by atoms with Gasteiger partial charge in [-0.05, 0) is 24.1 Å². The van der Waals surface area contributed by atoms with Crippen LogP contribution in [0.15, 0.2) is 36.5 Å². The minimum atomic E-state index is -0.917. The summed E-state index contributed by atoms with van der Waals surface area (Å²) in [5.74, 6) is 0.323. The summed E-state index contributed by atoms with van der Waals surface area (Å²) in [6.07, 6.45) is 0.310. The Kier molecular flexibility index (Phi) is 3.94. The van der Waals surface area contributed by atoms with Crippen molar-refractivity contribution in [2.24, 2.45) is 0 Å². The molecule has 2 rings (SSSR count). The summed E-state index contributed by atoms with van der Waals surface area (Å²) in [6, 6.07) is 9.28. The topological polar surface area (TPSA) is 53.4 Å². The Morgan fingerprint density at radius 1 is 1.24 bits per heavy atom. The number of aliphatic hydroxyl groups excluding tert-OH is 2. The summed E-state index contributed by atoms with van der Waals surface area (Å²) >= 11 is 5.54. The molecule has 0 radical (unpaired) electrons. The first-order valence-corrected chi connectivity index (χ1v) is 6.02. The molecule has 90 valence electrons. The Balaban J connectivity index is 2.29. The lowest BCUT2D eigenvalue weighted by molar-refractivity contribution is 0.0171. The van der Waals surface area contributed by atoms with Crippen molar-refractivity contribution in [2.45, 2.75) is 18.6 Å². The van der Waals surface area contributed by atoms with Gasteiger partial charge in [-0.1, -0.05) is 18.2 Å². The molecule has 0 aliphatic carbocycles. The van der Waals surface area contributed by atoms with Crippen molar-refractivity contribution < 1.29 is 10.2 Å². The van der Waals surface area contributed by atoms with Crippen molar-refractivity contribution in [3.63, 3.8) is 0 Å². The van der Waals surface area contributed by atoms with Crippen molar-refractivity contribution in [3.05, 3.63) is 42.1 Å². The Labute approximate surface area is 105 Å². The summed E-state index contributed by atoms with van der Waals surface area (Å²) in [6.45, 7) is 0. The van der Waals surface area contributed by atoms with E-state index in [2.05, 4.69) is 4.98 Å². The number of halogens is 1. The number of nitrogens with zero attached hydrogens (tertiary/aromatic N) is 1. The van der Waals surface area contributed by atoms with E-state index in [1.54, 1.807) is 18.3 Å². The predicted octanol–water partition coefficient (Wildman–Crippen LogP) is 2.26. The first kappa shape index (κ1) is 12.3. The molecule has 0 saturated heterocycles. The highest BCUT2D eigenvalue weighted by molar-refractivity contribution is 6.17. The van der Waals surface area contributed by atoms with Crippen LogP contribution in [0.4, 0.5) is 0 Å². The number of fused-ring (bicyclic) bond motifs is 1. The molecule has 0 spiro atoms. The van der Waals surface area contributed by atoms with Gasteiger partial charge < -0.3 is 10.2 Å². The number of hydrogen-bond donors (Lipinski definition) is 2. The van der Waals surface area contributed by atoms with E-state index >= 15 is 0 Å². The highest BCUT2D eigenvalue weighted by atomic mass is 35.5. The van der Waals surface area contributed by atoms with Crippen LogP contribution in [0.1, 0.15) is 18.1 Å². The fourth-order valence-electron chi connectivity index (χ4n) is 1.76. The SMILES string of the molecule is OC(CCCl)C(O)c1ccc2cccnc2c1. The largest absolute Gasteiger partial charge is 0.390 e. The molecular weight excluding hydrogens is 238 g/mol. The van der Waals surface area contributed by atoms with E-state index in [0.717, 1.165) is 10.9 Å². The van der Waals surface area contributed by atoms with E-state index in [0.29, 0.717) is 17.9 Å². The third kappa shape index (κ3) is 2.75. The summed E-state index contributed by atoms with van der Waals surface area (Å²) in [5.41, 5.74) is 1.47. The minimum Gasteiger partial charge on any atom is -0.390 e. The third-order valence-electron chi connectivity index (χ3n) is 2.74. The van der Waals surface area contributed by atoms with Crippen LogP contribution in [0.25, 0.3) is 10.9 Å². The molecule has 0 bridgehead atoms. The molecule has 0 aliphatic rings. The van der Waals surface area contributed by atoms with Crippen LogP contribution in [0.3, 0.4) is 0 Å². The summed E-state index contributed by atoms with van der Waals surface area (Å²) < 4.78 is 0. The van der Waals surface area contributed by atoms with Crippen LogP contribution < -0.4 is 0 Å². The zero-order valence-electron chi connectivity index (χ0n) is 9.25. The molecule has 2 atom stereocenters. The summed E-state index contributed by atoms with van der Waals surface area (Å²) in [4.78, 5) is 4.21. The fraction of sp³-hybridized carbons (Fsp3) is 0.308. The van der Waals surface area contributed by atoms with Gasteiger partial charge in [0.05, 0.1) is 11.6 Å². The van der Waals surface area contributed by atoms with Crippen LogP contribution in [0.5, 0.6) is 0 Å². The predicted molar refractivity (Wildman–Crippen MR) is 68.0 cm³/mol. The lowest BCUT2D eigenvalue weighted by Crippen LogP contribution is -2.18. The minimum absolute atomic E-state index is 0.323. The van der Waals surface area contributed by atoms with Crippen molar-refractivity contribution in [1.82, 2.24) is 4.98 Å². The van der Waals surface area contributed by atoms with E-state index in [-0.39, 0.29) is 0 Å². The number of alkyl halides is 1. The molecular formula is C13H14ClNO2. The lowest BCUT2D eigenvalue weighted by atomic mass is 10.0. The quantitative estimate of drug-likeness (QED) is 0.820. The summed E-state index contributed by atoms with van der Waals surface area (Å²) in [7, 11) is 0. The molecule has 0 aliphatic heterocycles. The average molecular weight is 252 g/mol. The highest BCUT2D eigenvalue weighted by Crippen LogP contribution is 2.22. The van der Waals surface area contributed by atoms with E-state index in [1.807, 2.05) is 18.2 Å². The second kappa shape index (κ2) is 5.45. The molecule has 1 aromatic heterocycles. The van der Waals surface area contributed by atoms with E-state index in [4.69, 9.17) is 11.6 Å². The van der Waals surface area contributed by atoms with Gasteiger partial charge >= 0.3 is 0 Å². The van der Waals surface area contributed by atoms with Crippen LogP contribution in [0.2, 0.25) is 0 Å². The Morgan fingerprint density at radius 2 is 2.06 bits per heavy atom. The molecule has 0 amide bonds. The fourth-order valence-corrected chi connectivity index (χ4v) is 1.98. The average Bonchev–Trinajstić information content (AvgIpc) is 2.37. The molecule has 1 aromatic carbocycles. The second-order valence-corrected chi connectivity index (χ2v) is 4.32. The van der Waals surface area contributed by atoms with Gasteiger partial charge in [-0.25, -0.2) is 0 Å². The third-order valence-corrected chi connectivity index (χ3v) is 2.96.